The number of hydrogen-bond donors (Lipinski definition) is 1. The normalized spacial score (nSPS) is 20.1. The molecule has 0 spiro atoms. The first-order chi connectivity index (χ1) is 6.72. The summed E-state index contributed by atoms with van der Waals surface area (Å²) in [5.74, 6) is 0.596. The summed E-state index contributed by atoms with van der Waals surface area (Å²) in [6, 6.07) is 3.49. The van der Waals surface area contributed by atoms with Gasteiger partial charge in [0.2, 0.25) is 0 Å². The molecule has 1 atom stereocenters. The van der Waals surface area contributed by atoms with Crippen molar-refractivity contribution >= 4 is 5.69 Å². The van der Waals surface area contributed by atoms with E-state index in [1.165, 1.54) is 12.0 Å². The summed E-state index contributed by atoms with van der Waals surface area (Å²) in [6.45, 7) is 5.02. The molecule has 1 aliphatic heterocycles. The molecule has 1 aromatic carbocycles. The second kappa shape index (κ2) is 3.60. The molecule has 2 rings (SSSR count). The molecular formula is C12H16FN. The summed E-state index contributed by atoms with van der Waals surface area (Å²) in [6.07, 6.45) is 2.27. The van der Waals surface area contributed by atoms with Crippen LogP contribution in [0.25, 0.3) is 0 Å². The van der Waals surface area contributed by atoms with Crippen LogP contribution in [0, 0.1) is 18.7 Å². The van der Waals surface area contributed by atoms with Crippen molar-refractivity contribution in [1.82, 2.24) is 0 Å². The lowest BCUT2D eigenvalue weighted by atomic mass is 9.90. The van der Waals surface area contributed by atoms with E-state index in [2.05, 4.69) is 12.2 Å². The number of fused-ring (bicyclic) bond motifs is 1. The molecular weight excluding hydrogens is 177 g/mol. The number of halogens is 1. The van der Waals surface area contributed by atoms with Crippen LogP contribution < -0.4 is 5.32 Å². The van der Waals surface area contributed by atoms with Crippen LogP contribution in [0.5, 0.6) is 0 Å². The van der Waals surface area contributed by atoms with Gasteiger partial charge in [-0.25, -0.2) is 4.39 Å². The minimum absolute atomic E-state index is 0.105. The van der Waals surface area contributed by atoms with Crippen molar-refractivity contribution < 1.29 is 4.39 Å². The van der Waals surface area contributed by atoms with Crippen LogP contribution in [0.4, 0.5) is 10.1 Å². The van der Waals surface area contributed by atoms with Crippen LogP contribution in [0.3, 0.4) is 0 Å². The lowest BCUT2D eigenvalue weighted by Gasteiger charge is -2.26. The first-order valence-electron chi connectivity index (χ1n) is 5.24. The fraction of sp³-hybridized carbons (Fsp3) is 0.500. The summed E-state index contributed by atoms with van der Waals surface area (Å²) >= 11 is 0. The fourth-order valence-electron chi connectivity index (χ4n) is 2.08. The highest BCUT2D eigenvalue weighted by Gasteiger charge is 2.19. The van der Waals surface area contributed by atoms with Gasteiger partial charge in [0, 0.05) is 17.8 Å². The third-order valence-corrected chi connectivity index (χ3v) is 3.14. The maximum absolute atomic E-state index is 13.2. The second-order valence-corrected chi connectivity index (χ2v) is 4.07. The van der Waals surface area contributed by atoms with Gasteiger partial charge in [0.25, 0.3) is 0 Å². The summed E-state index contributed by atoms with van der Waals surface area (Å²) < 4.78 is 13.2. The molecule has 14 heavy (non-hydrogen) atoms. The minimum atomic E-state index is -0.105. The van der Waals surface area contributed by atoms with Gasteiger partial charge in [-0.2, -0.15) is 0 Å². The number of nitrogens with one attached hydrogen (secondary N) is 1. The van der Waals surface area contributed by atoms with Crippen molar-refractivity contribution in [3.05, 3.63) is 29.1 Å². The number of hydrogen-bond acceptors (Lipinski definition) is 1. The summed E-state index contributed by atoms with van der Waals surface area (Å²) in [5.41, 5.74) is 3.05. The lowest BCUT2D eigenvalue weighted by molar-refractivity contribution is 0.517. The summed E-state index contributed by atoms with van der Waals surface area (Å²) in [5, 5.41) is 3.33. The molecule has 0 saturated heterocycles. The van der Waals surface area contributed by atoms with Gasteiger partial charge in [0.15, 0.2) is 0 Å². The Morgan fingerprint density at radius 2 is 2.29 bits per heavy atom. The van der Waals surface area contributed by atoms with Crippen LogP contribution in [0.1, 0.15) is 24.5 Å². The molecule has 2 heteroatoms. The zero-order valence-electron chi connectivity index (χ0n) is 8.73. The Kier molecular flexibility index (Phi) is 2.44. The van der Waals surface area contributed by atoms with Gasteiger partial charge >= 0.3 is 0 Å². The smallest absolute Gasteiger partial charge is 0.128 e. The van der Waals surface area contributed by atoms with Crippen molar-refractivity contribution in [2.45, 2.75) is 26.7 Å². The highest BCUT2D eigenvalue weighted by molar-refractivity contribution is 5.59. The van der Waals surface area contributed by atoms with E-state index in [0.29, 0.717) is 5.92 Å². The highest BCUT2D eigenvalue weighted by Crippen LogP contribution is 2.30. The molecule has 1 N–H and O–H groups in total. The van der Waals surface area contributed by atoms with E-state index in [4.69, 9.17) is 0 Å². The Morgan fingerprint density at radius 3 is 3.00 bits per heavy atom. The van der Waals surface area contributed by atoms with Crippen LogP contribution in [0.2, 0.25) is 0 Å². The van der Waals surface area contributed by atoms with Gasteiger partial charge in [0.05, 0.1) is 0 Å². The van der Waals surface area contributed by atoms with Crippen LogP contribution in [-0.2, 0) is 6.42 Å². The number of benzene rings is 1. The van der Waals surface area contributed by atoms with E-state index in [0.717, 1.165) is 24.2 Å². The molecule has 76 valence electrons. The quantitative estimate of drug-likeness (QED) is 0.722. The third kappa shape index (κ3) is 1.49. The highest BCUT2D eigenvalue weighted by atomic mass is 19.1. The Morgan fingerprint density at radius 1 is 1.50 bits per heavy atom. The third-order valence-electron chi connectivity index (χ3n) is 3.14. The largest absolute Gasteiger partial charge is 0.384 e. The molecule has 1 heterocycles. The maximum atomic E-state index is 13.2. The number of rotatable bonds is 1. The zero-order valence-corrected chi connectivity index (χ0v) is 8.73. The van der Waals surface area contributed by atoms with E-state index < -0.39 is 0 Å². The molecule has 0 aromatic heterocycles. The average molecular weight is 193 g/mol. The predicted molar refractivity (Wildman–Crippen MR) is 57.1 cm³/mol. The molecule has 0 saturated carbocycles. The van der Waals surface area contributed by atoms with E-state index in [9.17, 15) is 4.39 Å². The Bertz CT molecular complexity index is 346. The van der Waals surface area contributed by atoms with Gasteiger partial charge < -0.3 is 5.32 Å². The molecule has 1 unspecified atom stereocenters. The van der Waals surface area contributed by atoms with E-state index in [1.807, 2.05) is 13.0 Å². The second-order valence-electron chi connectivity index (χ2n) is 4.07. The van der Waals surface area contributed by atoms with Crippen molar-refractivity contribution in [3.8, 4) is 0 Å². The van der Waals surface area contributed by atoms with Crippen LogP contribution in [0.15, 0.2) is 12.1 Å². The van der Waals surface area contributed by atoms with E-state index in [1.54, 1.807) is 6.07 Å². The van der Waals surface area contributed by atoms with Crippen molar-refractivity contribution in [1.29, 1.82) is 0 Å². The molecule has 0 radical (unpaired) electrons. The monoisotopic (exact) mass is 193 g/mol. The summed E-state index contributed by atoms with van der Waals surface area (Å²) in [7, 11) is 0. The number of anilines is 1. The van der Waals surface area contributed by atoms with Gasteiger partial charge in [-0.3, -0.25) is 0 Å². The first-order valence-corrected chi connectivity index (χ1v) is 5.24. The molecule has 0 fully saturated rings. The van der Waals surface area contributed by atoms with Gasteiger partial charge in [0.1, 0.15) is 5.82 Å². The SMILES string of the molecule is CCC1CNc2c(ccc(F)c2C)C1. The Hall–Kier alpha value is -1.05. The molecule has 0 bridgehead atoms. The van der Waals surface area contributed by atoms with E-state index in [-0.39, 0.29) is 5.82 Å². The topological polar surface area (TPSA) is 12.0 Å². The van der Waals surface area contributed by atoms with Crippen molar-refractivity contribution in [3.63, 3.8) is 0 Å². The zero-order chi connectivity index (χ0) is 10.1. The van der Waals surface area contributed by atoms with Gasteiger partial charge in [-0.15, -0.1) is 0 Å². The first kappa shape index (κ1) is 9.50. The van der Waals surface area contributed by atoms with Crippen LogP contribution in [-0.4, -0.2) is 6.54 Å². The fourth-order valence-corrected chi connectivity index (χ4v) is 2.08. The predicted octanol–water partition coefficient (Wildman–Crippen LogP) is 3.13. The van der Waals surface area contributed by atoms with Gasteiger partial charge in [-0.05, 0) is 30.9 Å². The van der Waals surface area contributed by atoms with E-state index >= 15 is 0 Å². The van der Waals surface area contributed by atoms with Crippen LogP contribution >= 0.6 is 0 Å². The molecule has 0 amide bonds. The Balaban J connectivity index is 2.36. The lowest BCUT2D eigenvalue weighted by Crippen LogP contribution is -2.23. The Labute approximate surface area is 84.3 Å². The standard InChI is InChI=1S/C12H16FN/c1-3-9-6-10-4-5-11(13)8(2)12(10)14-7-9/h4-5,9,14H,3,6-7H2,1-2H3. The minimum Gasteiger partial charge on any atom is -0.384 e. The maximum Gasteiger partial charge on any atom is 0.128 e. The van der Waals surface area contributed by atoms with Crippen molar-refractivity contribution in [2.24, 2.45) is 5.92 Å². The molecule has 1 aromatic rings. The summed E-state index contributed by atoms with van der Waals surface area (Å²) in [4.78, 5) is 0. The van der Waals surface area contributed by atoms with Crippen molar-refractivity contribution in [2.75, 3.05) is 11.9 Å². The average Bonchev–Trinajstić information content (AvgIpc) is 2.23. The van der Waals surface area contributed by atoms with Gasteiger partial charge in [-0.1, -0.05) is 19.4 Å². The molecule has 1 nitrogen and oxygen atoms in total. The molecule has 0 aliphatic carbocycles. The molecule has 1 aliphatic rings.